The summed E-state index contributed by atoms with van der Waals surface area (Å²) in [6.45, 7) is 5.42. The van der Waals surface area contributed by atoms with E-state index in [-0.39, 0.29) is 0 Å². The van der Waals surface area contributed by atoms with E-state index in [1.54, 1.807) is 0 Å². The maximum absolute atomic E-state index is 5.83. The lowest BCUT2D eigenvalue weighted by molar-refractivity contribution is 0.299. The first-order valence-corrected chi connectivity index (χ1v) is 6.48. The number of nitrogens with zero attached hydrogens (tertiary/aromatic N) is 1. The van der Waals surface area contributed by atoms with Crippen LogP contribution in [-0.2, 0) is 13.2 Å². The molecule has 0 atom stereocenters. The van der Waals surface area contributed by atoms with Gasteiger partial charge in [0.05, 0.1) is 11.4 Å². The maximum atomic E-state index is 5.83. The van der Waals surface area contributed by atoms with Gasteiger partial charge in [-0.2, -0.15) is 0 Å². The zero-order valence-corrected chi connectivity index (χ0v) is 11.7. The number of benzene rings is 1. The summed E-state index contributed by atoms with van der Waals surface area (Å²) < 4.78 is 5.83. The Labute approximate surface area is 114 Å². The third kappa shape index (κ3) is 3.80. The Hall–Kier alpha value is -1.87. The second-order valence-corrected chi connectivity index (χ2v) is 4.71. The number of aryl methyl sites for hydroxylation is 2. The molecule has 3 nitrogen and oxygen atoms in total. The van der Waals surface area contributed by atoms with Gasteiger partial charge in [-0.1, -0.05) is 23.8 Å². The SMILES string of the molecule is CNCc1cccc(COc2ccc(C)cc2C)n1. The molecule has 19 heavy (non-hydrogen) atoms. The third-order valence-corrected chi connectivity index (χ3v) is 2.93. The van der Waals surface area contributed by atoms with Crippen LogP contribution in [-0.4, -0.2) is 12.0 Å². The van der Waals surface area contributed by atoms with E-state index in [4.69, 9.17) is 4.74 Å². The molecule has 0 aliphatic heterocycles. The van der Waals surface area contributed by atoms with Crippen LogP contribution in [0.2, 0.25) is 0 Å². The minimum atomic E-state index is 0.501. The minimum Gasteiger partial charge on any atom is -0.487 e. The molecule has 0 aliphatic carbocycles. The first-order chi connectivity index (χ1) is 9.19. The summed E-state index contributed by atoms with van der Waals surface area (Å²) in [6, 6.07) is 12.2. The molecule has 1 aromatic carbocycles. The van der Waals surface area contributed by atoms with Crippen molar-refractivity contribution in [3.05, 3.63) is 58.9 Å². The zero-order chi connectivity index (χ0) is 13.7. The molecule has 2 aromatic rings. The van der Waals surface area contributed by atoms with Gasteiger partial charge in [0, 0.05) is 6.54 Å². The Morgan fingerprint density at radius 1 is 1.11 bits per heavy atom. The van der Waals surface area contributed by atoms with Crippen molar-refractivity contribution in [3.63, 3.8) is 0 Å². The zero-order valence-electron chi connectivity index (χ0n) is 11.7. The lowest BCUT2D eigenvalue weighted by Crippen LogP contribution is -2.08. The topological polar surface area (TPSA) is 34.1 Å². The molecule has 1 heterocycles. The highest BCUT2D eigenvalue weighted by atomic mass is 16.5. The molecule has 0 radical (unpaired) electrons. The first kappa shape index (κ1) is 13.6. The third-order valence-electron chi connectivity index (χ3n) is 2.93. The predicted octanol–water partition coefficient (Wildman–Crippen LogP) is 3.00. The highest BCUT2D eigenvalue weighted by molar-refractivity contribution is 5.35. The summed E-state index contributed by atoms with van der Waals surface area (Å²) in [5.74, 6) is 0.923. The molecule has 3 heteroatoms. The molecule has 0 bridgehead atoms. The number of hydrogen-bond acceptors (Lipinski definition) is 3. The highest BCUT2D eigenvalue weighted by Crippen LogP contribution is 2.19. The van der Waals surface area contributed by atoms with E-state index in [1.807, 2.05) is 31.3 Å². The molecule has 1 aromatic heterocycles. The summed E-state index contributed by atoms with van der Waals surface area (Å²) in [4.78, 5) is 4.54. The normalized spacial score (nSPS) is 10.5. The number of rotatable bonds is 5. The Morgan fingerprint density at radius 3 is 2.63 bits per heavy atom. The van der Waals surface area contributed by atoms with Gasteiger partial charge in [-0.25, -0.2) is 0 Å². The average molecular weight is 256 g/mol. The quantitative estimate of drug-likeness (QED) is 0.893. The van der Waals surface area contributed by atoms with Crippen LogP contribution < -0.4 is 10.1 Å². The van der Waals surface area contributed by atoms with Crippen LogP contribution in [0.5, 0.6) is 5.75 Å². The molecule has 0 fully saturated rings. The lowest BCUT2D eigenvalue weighted by atomic mass is 10.1. The molecular formula is C16H20N2O. The fourth-order valence-corrected chi connectivity index (χ4v) is 2.00. The monoisotopic (exact) mass is 256 g/mol. The van der Waals surface area contributed by atoms with E-state index in [1.165, 1.54) is 5.56 Å². The summed E-state index contributed by atoms with van der Waals surface area (Å²) in [7, 11) is 1.92. The van der Waals surface area contributed by atoms with Crippen molar-refractivity contribution in [1.82, 2.24) is 10.3 Å². The van der Waals surface area contributed by atoms with Gasteiger partial charge in [0.1, 0.15) is 12.4 Å². The molecule has 1 N–H and O–H groups in total. The smallest absolute Gasteiger partial charge is 0.130 e. The summed E-state index contributed by atoms with van der Waals surface area (Å²) in [6.07, 6.45) is 0. The van der Waals surface area contributed by atoms with Gasteiger partial charge >= 0.3 is 0 Å². The van der Waals surface area contributed by atoms with Crippen molar-refractivity contribution in [2.45, 2.75) is 27.0 Å². The number of hydrogen-bond donors (Lipinski definition) is 1. The molecule has 2 rings (SSSR count). The van der Waals surface area contributed by atoms with Crippen LogP contribution in [0, 0.1) is 13.8 Å². The summed E-state index contributed by atoms with van der Waals surface area (Å²) >= 11 is 0. The fourth-order valence-electron chi connectivity index (χ4n) is 2.00. The van der Waals surface area contributed by atoms with Crippen molar-refractivity contribution in [2.75, 3.05) is 7.05 Å². The maximum Gasteiger partial charge on any atom is 0.130 e. The van der Waals surface area contributed by atoms with E-state index in [0.717, 1.165) is 29.2 Å². The Morgan fingerprint density at radius 2 is 1.89 bits per heavy atom. The van der Waals surface area contributed by atoms with Crippen LogP contribution in [0.15, 0.2) is 36.4 Å². The second kappa shape index (κ2) is 6.34. The van der Waals surface area contributed by atoms with E-state index in [0.29, 0.717) is 6.61 Å². The van der Waals surface area contributed by atoms with Gasteiger partial charge in [-0.3, -0.25) is 4.98 Å². The second-order valence-electron chi connectivity index (χ2n) is 4.71. The van der Waals surface area contributed by atoms with E-state index in [2.05, 4.69) is 36.3 Å². The molecule has 0 spiro atoms. The molecular weight excluding hydrogens is 236 g/mol. The largest absolute Gasteiger partial charge is 0.487 e. The van der Waals surface area contributed by atoms with Crippen LogP contribution in [0.25, 0.3) is 0 Å². The average Bonchev–Trinajstić information content (AvgIpc) is 2.38. The summed E-state index contributed by atoms with van der Waals surface area (Å²) in [5, 5.41) is 3.10. The molecule has 0 saturated carbocycles. The van der Waals surface area contributed by atoms with Crippen molar-refractivity contribution < 1.29 is 4.74 Å². The van der Waals surface area contributed by atoms with Gasteiger partial charge in [0.25, 0.3) is 0 Å². The molecule has 0 saturated heterocycles. The fraction of sp³-hybridized carbons (Fsp3) is 0.312. The van der Waals surface area contributed by atoms with Crippen molar-refractivity contribution in [3.8, 4) is 5.75 Å². The van der Waals surface area contributed by atoms with Gasteiger partial charge in [0.15, 0.2) is 0 Å². The van der Waals surface area contributed by atoms with Gasteiger partial charge in [-0.05, 0) is 44.7 Å². The highest BCUT2D eigenvalue weighted by Gasteiger charge is 2.02. The number of ether oxygens (including phenoxy) is 1. The number of aromatic nitrogens is 1. The van der Waals surface area contributed by atoms with E-state index < -0.39 is 0 Å². The van der Waals surface area contributed by atoms with E-state index in [9.17, 15) is 0 Å². The van der Waals surface area contributed by atoms with Gasteiger partial charge in [0.2, 0.25) is 0 Å². The number of pyridine rings is 1. The molecule has 100 valence electrons. The van der Waals surface area contributed by atoms with Crippen LogP contribution in [0.3, 0.4) is 0 Å². The molecule has 0 unspecified atom stereocenters. The van der Waals surface area contributed by atoms with Crippen LogP contribution >= 0.6 is 0 Å². The van der Waals surface area contributed by atoms with Crippen molar-refractivity contribution >= 4 is 0 Å². The minimum absolute atomic E-state index is 0.501. The van der Waals surface area contributed by atoms with E-state index >= 15 is 0 Å². The number of nitrogens with one attached hydrogen (secondary N) is 1. The predicted molar refractivity (Wildman–Crippen MR) is 77.2 cm³/mol. The van der Waals surface area contributed by atoms with Crippen LogP contribution in [0.4, 0.5) is 0 Å². The Bertz CT molecular complexity index is 552. The van der Waals surface area contributed by atoms with Crippen molar-refractivity contribution in [2.24, 2.45) is 0 Å². The summed E-state index contributed by atoms with van der Waals surface area (Å²) in [5.41, 5.74) is 4.39. The lowest BCUT2D eigenvalue weighted by Gasteiger charge is -2.10. The Balaban J connectivity index is 2.03. The molecule has 0 aliphatic rings. The van der Waals surface area contributed by atoms with Gasteiger partial charge < -0.3 is 10.1 Å². The standard InChI is InChI=1S/C16H20N2O/c1-12-7-8-16(13(2)9-12)19-11-15-6-4-5-14(18-15)10-17-3/h4-9,17H,10-11H2,1-3H3. The van der Waals surface area contributed by atoms with Crippen molar-refractivity contribution in [1.29, 1.82) is 0 Å². The van der Waals surface area contributed by atoms with Gasteiger partial charge in [-0.15, -0.1) is 0 Å². The Kier molecular flexibility index (Phi) is 4.53. The molecule has 0 amide bonds. The van der Waals surface area contributed by atoms with Crippen LogP contribution in [0.1, 0.15) is 22.5 Å². The first-order valence-electron chi connectivity index (χ1n) is 6.48.